The van der Waals surface area contributed by atoms with Crippen LogP contribution in [0.5, 0.6) is 5.88 Å². The average molecular weight is 470 g/mol. The number of hydrogen-bond acceptors (Lipinski definition) is 8. The second-order valence-corrected chi connectivity index (χ2v) is 9.31. The number of aliphatic hydroxyl groups is 2. The third kappa shape index (κ3) is 4.79. The highest BCUT2D eigenvalue weighted by atomic mass is 16.5. The van der Waals surface area contributed by atoms with Crippen LogP contribution in [0.4, 0.5) is 16.3 Å². The van der Waals surface area contributed by atoms with E-state index in [-0.39, 0.29) is 18.2 Å². The number of carbonyl (C=O) groups excluding carboxylic acids is 1. The first-order chi connectivity index (χ1) is 16.5. The molecule has 1 aromatic heterocycles. The predicted molar refractivity (Wildman–Crippen MR) is 126 cm³/mol. The maximum absolute atomic E-state index is 12.0. The smallest absolute Gasteiger partial charge is 0.319 e. The number of morpholine rings is 1. The van der Waals surface area contributed by atoms with Gasteiger partial charge in [0.2, 0.25) is 5.88 Å². The molecule has 0 bridgehead atoms. The predicted octanol–water partition coefficient (Wildman–Crippen LogP) is 1.70. The maximum atomic E-state index is 12.0. The molecule has 3 aliphatic rings. The van der Waals surface area contributed by atoms with Crippen molar-refractivity contribution in [3.63, 3.8) is 0 Å². The van der Waals surface area contributed by atoms with Crippen LogP contribution in [0.1, 0.15) is 31.7 Å². The molecule has 10 heteroatoms. The van der Waals surface area contributed by atoms with Gasteiger partial charge >= 0.3 is 6.03 Å². The minimum absolute atomic E-state index is 0.0341. The van der Waals surface area contributed by atoms with Gasteiger partial charge in [-0.1, -0.05) is 0 Å². The van der Waals surface area contributed by atoms with Gasteiger partial charge in [0, 0.05) is 24.3 Å². The lowest BCUT2D eigenvalue weighted by Gasteiger charge is -2.37. The molecule has 34 heavy (non-hydrogen) atoms. The Morgan fingerprint density at radius 2 is 2.06 bits per heavy atom. The molecule has 2 aliphatic heterocycles. The van der Waals surface area contributed by atoms with Crippen LogP contribution in [0.25, 0.3) is 11.4 Å². The Balaban J connectivity index is 1.39. The molecule has 4 N–H and O–H groups in total. The summed E-state index contributed by atoms with van der Waals surface area (Å²) in [5.74, 6) is 2.20. The first kappa shape index (κ1) is 22.8. The Hall–Kier alpha value is -2.95. The molecule has 3 heterocycles. The van der Waals surface area contributed by atoms with Crippen LogP contribution >= 0.6 is 0 Å². The fourth-order valence-corrected chi connectivity index (χ4v) is 4.42. The molecule has 1 spiro atoms. The summed E-state index contributed by atoms with van der Waals surface area (Å²) in [5, 5.41) is 23.4. The molecule has 1 saturated carbocycles. The highest BCUT2D eigenvalue weighted by Crippen LogP contribution is 2.49. The Bertz CT molecular complexity index is 1040. The number of fused-ring (bicyclic) bond motifs is 1. The van der Waals surface area contributed by atoms with E-state index < -0.39 is 18.7 Å². The molecule has 1 aliphatic carbocycles. The largest absolute Gasteiger partial charge is 0.471 e. The number of carbonyl (C=O) groups is 1. The molecule has 0 radical (unpaired) electrons. The summed E-state index contributed by atoms with van der Waals surface area (Å²) in [6.45, 7) is 3.81. The van der Waals surface area contributed by atoms with Crippen molar-refractivity contribution in [3.8, 4) is 17.3 Å². The Morgan fingerprint density at radius 3 is 2.76 bits per heavy atom. The molecule has 5 rings (SSSR count). The number of aliphatic hydroxyl groups excluding tert-OH is 2. The number of amides is 2. The fourth-order valence-electron chi connectivity index (χ4n) is 4.42. The zero-order chi connectivity index (χ0) is 23.7. The number of benzene rings is 1. The van der Waals surface area contributed by atoms with Crippen LogP contribution in [0, 0.1) is 0 Å². The van der Waals surface area contributed by atoms with E-state index in [0.717, 1.165) is 49.2 Å². The van der Waals surface area contributed by atoms with Crippen molar-refractivity contribution < 1.29 is 24.5 Å². The molecular formula is C24H31N5O5. The molecule has 2 fully saturated rings. The molecule has 1 saturated heterocycles. The summed E-state index contributed by atoms with van der Waals surface area (Å²) in [7, 11) is 0. The third-order valence-electron chi connectivity index (χ3n) is 6.65. The minimum atomic E-state index is -0.991. The molecule has 2 aromatic rings. The van der Waals surface area contributed by atoms with Gasteiger partial charge in [-0.2, -0.15) is 4.98 Å². The molecule has 2 atom stereocenters. The number of nitrogens with zero attached hydrogens (tertiary/aromatic N) is 3. The number of nitrogens with one attached hydrogen (secondary N) is 2. The standard InChI is InChI=1S/C24H31N5O5/c1-15-14-33-11-10-29(15)21-19-6-7-24(8-9-24)34-22(19)28-20(27-21)16-2-4-17(5-3-16)26-23(32)25-12-18(31)13-30/h2-5,15,18,30-31H,6-14H2,1H3,(H2,25,26,32)/t15-,18-/m0/s1. The number of rotatable bonds is 6. The van der Waals surface area contributed by atoms with Gasteiger partial charge in [0.15, 0.2) is 5.82 Å². The second-order valence-electron chi connectivity index (χ2n) is 9.31. The van der Waals surface area contributed by atoms with E-state index in [4.69, 9.17) is 24.5 Å². The average Bonchev–Trinajstić information content (AvgIpc) is 3.60. The van der Waals surface area contributed by atoms with Crippen molar-refractivity contribution in [2.24, 2.45) is 0 Å². The van der Waals surface area contributed by atoms with Gasteiger partial charge in [0.25, 0.3) is 0 Å². The summed E-state index contributed by atoms with van der Waals surface area (Å²) >= 11 is 0. The van der Waals surface area contributed by atoms with Crippen LogP contribution in [-0.4, -0.2) is 76.9 Å². The molecule has 0 unspecified atom stereocenters. The van der Waals surface area contributed by atoms with Crippen molar-refractivity contribution in [3.05, 3.63) is 29.8 Å². The van der Waals surface area contributed by atoms with Crippen LogP contribution in [0.15, 0.2) is 24.3 Å². The Morgan fingerprint density at radius 1 is 1.26 bits per heavy atom. The monoisotopic (exact) mass is 469 g/mol. The molecule has 182 valence electrons. The van der Waals surface area contributed by atoms with Crippen LogP contribution in [-0.2, 0) is 11.2 Å². The van der Waals surface area contributed by atoms with Gasteiger partial charge in [0.1, 0.15) is 11.4 Å². The lowest BCUT2D eigenvalue weighted by molar-refractivity contribution is 0.0965. The second kappa shape index (κ2) is 9.36. The lowest BCUT2D eigenvalue weighted by atomic mass is 10.0. The Kier molecular flexibility index (Phi) is 6.28. The van der Waals surface area contributed by atoms with E-state index in [1.165, 1.54) is 0 Å². The molecule has 1 aromatic carbocycles. The Labute approximate surface area is 198 Å². The summed E-state index contributed by atoms with van der Waals surface area (Å²) in [5.41, 5.74) is 2.45. The van der Waals surface area contributed by atoms with E-state index >= 15 is 0 Å². The molecular weight excluding hydrogens is 438 g/mol. The van der Waals surface area contributed by atoms with E-state index in [1.807, 2.05) is 12.1 Å². The van der Waals surface area contributed by atoms with Gasteiger partial charge in [-0.25, -0.2) is 9.78 Å². The van der Waals surface area contributed by atoms with Crippen LogP contribution < -0.4 is 20.3 Å². The van der Waals surface area contributed by atoms with Crippen molar-refractivity contribution >= 4 is 17.5 Å². The van der Waals surface area contributed by atoms with Gasteiger partial charge in [-0.15, -0.1) is 0 Å². The fraction of sp³-hybridized carbons (Fsp3) is 0.542. The summed E-state index contributed by atoms with van der Waals surface area (Å²) in [6, 6.07) is 7.04. The van der Waals surface area contributed by atoms with E-state index in [9.17, 15) is 9.90 Å². The van der Waals surface area contributed by atoms with E-state index in [1.54, 1.807) is 12.1 Å². The van der Waals surface area contributed by atoms with Crippen molar-refractivity contribution in [1.82, 2.24) is 15.3 Å². The molecule has 2 amide bonds. The van der Waals surface area contributed by atoms with Crippen molar-refractivity contribution in [1.29, 1.82) is 0 Å². The number of anilines is 2. The highest BCUT2D eigenvalue weighted by Gasteiger charge is 2.49. The minimum Gasteiger partial charge on any atom is -0.471 e. The zero-order valence-electron chi connectivity index (χ0n) is 19.3. The summed E-state index contributed by atoms with van der Waals surface area (Å²) in [4.78, 5) is 24.1. The highest BCUT2D eigenvalue weighted by molar-refractivity contribution is 5.89. The van der Waals surface area contributed by atoms with Crippen molar-refractivity contribution in [2.75, 3.05) is 43.1 Å². The number of ether oxygens (including phenoxy) is 2. The first-order valence-corrected chi connectivity index (χ1v) is 11.8. The number of urea groups is 1. The van der Waals surface area contributed by atoms with Gasteiger partial charge in [-0.05, 0) is 56.9 Å². The van der Waals surface area contributed by atoms with Gasteiger partial charge in [0.05, 0.1) is 37.5 Å². The molecule has 10 nitrogen and oxygen atoms in total. The number of hydrogen-bond donors (Lipinski definition) is 4. The van der Waals surface area contributed by atoms with Gasteiger partial charge < -0.3 is 35.2 Å². The quantitative estimate of drug-likeness (QED) is 0.503. The van der Waals surface area contributed by atoms with E-state index in [2.05, 4.69) is 22.5 Å². The maximum Gasteiger partial charge on any atom is 0.319 e. The van der Waals surface area contributed by atoms with E-state index in [0.29, 0.717) is 30.6 Å². The first-order valence-electron chi connectivity index (χ1n) is 11.8. The van der Waals surface area contributed by atoms with Crippen LogP contribution in [0.3, 0.4) is 0 Å². The number of aromatic nitrogens is 2. The normalized spacial score (nSPS) is 21.4. The zero-order valence-corrected chi connectivity index (χ0v) is 19.3. The van der Waals surface area contributed by atoms with Crippen molar-refractivity contribution in [2.45, 2.75) is 50.4 Å². The summed E-state index contributed by atoms with van der Waals surface area (Å²) in [6.07, 6.45) is 3.08. The van der Waals surface area contributed by atoms with Crippen LogP contribution in [0.2, 0.25) is 0 Å². The summed E-state index contributed by atoms with van der Waals surface area (Å²) < 4.78 is 12.0. The lowest BCUT2D eigenvalue weighted by Crippen LogP contribution is -2.45. The van der Waals surface area contributed by atoms with Gasteiger partial charge in [-0.3, -0.25) is 0 Å². The SMILES string of the molecule is C[C@H]1COCCN1c1nc(-c2ccc(NC(=O)NC[C@H](O)CO)cc2)nc2c1CCC1(CC1)O2. The topological polar surface area (TPSA) is 129 Å². The third-order valence-corrected chi connectivity index (χ3v) is 6.65.